The van der Waals surface area contributed by atoms with Crippen LogP contribution in [0.3, 0.4) is 0 Å². The zero-order valence-electron chi connectivity index (χ0n) is 15.6. The highest BCUT2D eigenvalue weighted by Crippen LogP contribution is 2.21. The second-order valence-electron chi connectivity index (χ2n) is 7.32. The molecule has 140 valence electrons. The Kier molecular flexibility index (Phi) is 8.04. The summed E-state index contributed by atoms with van der Waals surface area (Å²) >= 11 is 5.96. The molecule has 3 atom stereocenters. The first-order valence-electron chi connectivity index (χ1n) is 9.40. The third-order valence-electron chi connectivity index (χ3n) is 4.63. The van der Waals surface area contributed by atoms with Gasteiger partial charge in [-0.05, 0) is 55.8 Å². The van der Waals surface area contributed by atoms with Crippen molar-refractivity contribution in [3.8, 4) is 5.75 Å². The van der Waals surface area contributed by atoms with Gasteiger partial charge in [-0.3, -0.25) is 4.79 Å². The zero-order chi connectivity index (χ0) is 18.2. The largest absolute Gasteiger partial charge is 0.481 e. The number of nitrogens with zero attached hydrogens (tertiary/aromatic N) is 1. The number of nitrogens with one attached hydrogen (secondary N) is 1. The molecule has 0 unspecified atom stereocenters. The fraction of sp³-hybridized carbons (Fsp3) is 0.650. The highest BCUT2D eigenvalue weighted by atomic mass is 35.5. The third kappa shape index (κ3) is 6.87. The van der Waals surface area contributed by atoms with Crippen LogP contribution in [-0.4, -0.2) is 43.1 Å². The Labute approximate surface area is 156 Å². The first-order chi connectivity index (χ1) is 12.0. The molecule has 0 aliphatic carbocycles. The highest BCUT2D eigenvalue weighted by Gasteiger charge is 2.21. The monoisotopic (exact) mass is 366 g/mol. The van der Waals surface area contributed by atoms with Gasteiger partial charge in [0.05, 0.1) is 0 Å². The molecule has 2 rings (SSSR count). The van der Waals surface area contributed by atoms with Crippen molar-refractivity contribution in [2.45, 2.75) is 46.1 Å². The number of benzene rings is 1. The van der Waals surface area contributed by atoms with E-state index in [0.29, 0.717) is 23.7 Å². The van der Waals surface area contributed by atoms with Crippen LogP contribution in [0.25, 0.3) is 0 Å². The molecule has 1 saturated heterocycles. The average Bonchev–Trinajstić information content (AvgIpc) is 2.55. The van der Waals surface area contributed by atoms with E-state index in [9.17, 15) is 4.79 Å². The van der Waals surface area contributed by atoms with E-state index in [4.69, 9.17) is 16.3 Å². The smallest absolute Gasteiger partial charge is 0.261 e. The summed E-state index contributed by atoms with van der Waals surface area (Å²) in [6.45, 7) is 10.7. The maximum absolute atomic E-state index is 12.3. The predicted molar refractivity (Wildman–Crippen MR) is 103 cm³/mol. The van der Waals surface area contributed by atoms with E-state index >= 15 is 0 Å². The normalized spacial score (nSPS) is 22.4. The van der Waals surface area contributed by atoms with Gasteiger partial charge in [-0.15, -0.1) is 0 Å². The first-order valence-corrected chi connectivity index (χ1v) is 9.78. The van der Waals surface area contributed by atoms with Gasteiger partial charge in [0.1, 0.15) is 5.75 Å². The Bertz CT molecular complexity index is 542. The molecule has 25 heavy (non-hydrogen) atoms. The van der Waals surface area contributed by atoms with Crippen molar-refractivity contribution in [3.63, 3.8) is 0 Å². The Morgan fingerprint density at radius 2 is 2.08 bits per heavy atom. The molecule has 1 aliphatic rings. The van der Waals surface area contributed by atoms with Crippen LogP contribution in [0, 0.1) is 11.8 Å². The summed E-state index contributed by atoms with van der Waals surface area (Å²) < 4.78 is 5.77. The molecule has 1 aromatic rings. The molecular weight excluding hydrogens is 336 g/mol. The van der Waals surface area contributed by atoms with Gasteiger partial charge >= 0.3 is 0 Å². The number of hydrogen-bond donors (Lipinski definition) is 1. The Morgan fingerprint density at radius 1 is 1.36 bits per heavy atom. The van der Waals surface area contributed by atoms with Gasteiger partial charge in [-0.2, -0.15) is 0 Å². The predicted octanol–water partition coefficient (Wildman–Crippen LogP) is 3.98. The fourth-order valence-electron chi connectivity index (χ4n) is 3.63. The fourth-order valence-corrected chi connectivity index (χ4v) is 3.81. The van der Waals surface area contributed by atoms with Gasteiger partial charge in [-0.25, -0.2) is 0 Å². The molecule has 1 heterocycles. The van der Waals surface area contributed by atoms with Crippen molar-refractivity contribution in [1.82, 2.24) is 10.2 Å². The lowest BCUT2D eigenvalue weighted by molar-refractivity contribution is -0.128. The summed E-state index contributed by atoms with van der Waals surface area (Å²) in [6, 6.07) is 7.16. The minimum Gasteiger partial charge on any atom is -0.481 e. The van der Waals surface area contributed by atoms with Gasteiger partial charge in [0.2, 0.25) is 0 Å². The number of carbonyl (C=O) groups excluding carboxylic acids is 1. The van der Waals surface area contributed by atoms with Gasteiger partial charge in [0, 0.05) is 24.7 Å². The number of halogens is 1. The van der Waals surface area contributed by atoms with Crippen LogP contribution in [-0.2, 0) is 4.79 Å². The van der Waals surface area contributed by atoms with E-state index in [-0.39, 0.29) is 5.91 Å². The van der Waals surface area contributed by atoms with Crippen molar-refractivity contribution >= 4 is 17.5 Å². The van der Waals surface area contributed by atoms with E-state index in [1.807, 2.05) is 19.1 Å². The van der Waals surface area contributed by atoms with Crippen LogP contribution in [0.5, 0.6) is 5.75 Å². The van der Waals surface area contributed by atoms with Gasteiger partial charge < -0.3 is 15.0 Å². The molecule has 0 spiro atoms. The summed E-state index contributed by atoms with van der Waals surface area (Å²) in [5.74, 6) is 2.12. The summed E-state index contributed by atoms with van der Waals surface area (Å²) in [5.41, 5.74) is 0. The maximum atomic E-state index is 12.3. The van der Waals surface area contributed by atoms with Crippen LogP contribution in [0.4, 0.5) is 0 Å². The molecular formula is C20H31ClN2O2. The van der Waals surface area contributed by atoms with E-state index in [0.717, 1.165) is 24.8 Å². The molecule has 1 aromatic carbocycles. The second kappa shape index (κ2) is 10.0. The molecule has 4 nitrogen and oxygen atoms in total. The summed E-state index contributed by atoms with van der Waals surface area (Å²) in [7, 11) is 0. The molecule has 0 saturated carbocycles. The van der Waals surface area contributed by atoms with E-state index in [1.54, 1.807) is 12.1 Å². The van der Waals surface area contributed by atoms with Crippen molar-refractivity contribution in [3.05, 3.63) is 29.3 Å². The highest BCUT2D eigenvalue weighted by molar-refractivity contribution is 6.30. The van der Waals surface area contributed by atoms with Crippen molar-refractivity contribution in [1.29, 1.82) is 0 Å². The first kappa shape index (κ1) is 20.1. The molecule has 0 aromatic heterocycles. The van der Waals surface area contributed by atoms with Gasteiger partial charge in [-0.1, -0.05) is 38.4 Å². The number of ether oxygens (including phenoxy) is 1. The number of rotatable bonds is 8. The molecule has 1 fully saturated rings. The molecule has 1 N–H and O–H groups in total. The molecule has 1 aliphatic heterocycles. The van der Waals surface area contributed by atoms with Crippen LogP contribution in [0.2, 0.25) is 5.02 Å². The lowest BCUT2D eigenvalue weighted by Crippen LogP contribution is -2.41. The van der Waals surface area contributed by atoms with Crippen molar-refractivity contribution in [2.75, 3.05) is 26.2 Å². The van der Waals surface area contributed by atoms with Crippen LogP contribution < -0.4 is 10.1 Å². The number of carbonyl (C=O) groups is 1. The Morgan fingerprint density at radius 3 is 2.72 bits per heavy atom. The quantitative estimate of drug-likeness (QED) is 0.707. The van der Waals surface area contributed by atoms with Gasteiger partial charge in [0.15, 0.2) is 6.10 Å². The third-order valence-corrected chi connectivity index (χ3v) is 4.87. The van der Waals surface area contributed by atoms with E-state index < -0.39 is 6.10 Å². The summed E-state index contributed by atoms with van der Waals surface area (Å²) in [6.07, 6.45) is 2.44. The minimum absolute atomic E-state index is 0.0529. The maximum Gasteiger partial charge on any atom is 0.261 e. The molecule has 0 radical (unpaired) electrons. The zero-order valence-corrected chi connectivity index (χ0v) is 16.4. The van der Waals surface area contributed by atoms with E-state index in [1.165, 1.54) is 19.5 Å². The molecule has 0 bridgehead atoms. The number of likely N-dealkylation sites (tertiary alicyclic amines) is 1. The standard InChI is InChI=1S/C20H31ClN2O2/c1-4-19(25-18-8-5-7-17(21)12-18)20(24)22-9-6-10-23-13-15(2)11-16(3)14-23/h5,7-8,12,15-16,19H,4,6,9-11,13-14H2,1-3H3,(H,22,24)/t15-,16-,19-/m0/s1. The van der Waals surface area contributed by atoms with Gasteiger partial charge in [0.25, 0.3) is 5.91 Å². The number of amides is 1. The lowest BCUT2D eigenvalue weighted by Gasteiger charge is -2.35. The lowest BCUT2D eigenvalue weighted by atomic mass is 9.92. The summed E-state index contributed by atoms with van der Waals surface area (Å²) in [4.78, 5) is 14.9. The topological polar surface area (TPSA) is 41.6 Å². The van der Waals surface area contributed by atoms with E-state index in [2.05, 4.69) is 24.1 Å². The SMILES string of the molecule is CC[C@H](Oc1cccc(Cl)c1)C(=O)NCCCN1C[C@@H](C)C[C@H](C)C1. The average molecular weight is 367 g/mol. The van der Waals surface area contributed by atoms with Crippen molar-refractivity contribution in [2.24, 2.45) is 11.8 Å². The van der Waals surface area contributed by atoms with Crippen LogP contribution in [0.1, 0.15) is 40.0 Å². The van der Waals surface area contributed by atoms with Crippen LogP contribution >= 0.6 is 11.6 Å². The summed E-state index contributed by atoms with van der Waals surface area (Å²) in [5, 5.41) is 3.62. The molecule has 1 amide bonds. The molecule has 5 heteroatoms. The number of hydrogen-bond acceptors (Lipinski definition) is 3. The van der Waals surface area contributed by atoms with Crippen LogP contribution in [0.15, 0.2) is 24.3 Å². The minimum atomic E-state index is -0.478. The Hall–Kier alpha value is -1.26. The Balaban J connectivity index is 1.71. The van der Waals surface area contributed by atoms with Crippen molar-refractivity contribution < 1.29 is 9.53 Å². The second-order valence-corrected chi connectivity index (χ2v) is 7.76. The number of piperidine rings is 1.